The Bertz CT molecular complexity index is 10500. The number of aryl methyl sites for hydroxylation is 5. The minimum Gasteiger partial charge on any atom is -0.367 e. The van der Waals surface area contributed by atoms with Gasteiger partial charge >= 0.3 is 0 Å². The number of hydrogen-bond acceptors (Lipinski definition) is 0. The van der Waals surface area contributed by atoms with Crippen molar-refractivity contribution in [3.05, 3.63) is 472 Å². The van der Waals surface area contributed by atoms with Crippen molar-refractivity contribution in [3.8, 4) is 55.6 Å². The summed E-state index contributed by atoms with van der Waals surface area (Å²) in [5, 5.41) is 38.8. The van der Waals surface area contributed by atoms with E-state index in [1.807, 2.05) is 36.4 Å². The first kappa shape index (κ1) is 98.5. The van der Waals surface area contributed by atoms with Gasteiger partial charge in [0.1, 0.15) is 0 Å². The molecule has 31 rings (SSSR count). The van der Waals surface area contributed by atoms with Crippen LogP contribution in [-0.2, 0) is 204 Å². The fourth-order valence-electron chi connectivity index (χ4n) is 24.2. The summed E-state index contributed by atoms with van der Waals surface area (Å²) in [4.78, 5) is 0. The van der Waals surface area contributed by atoms with Crippen LogP contribution < -0.4 is 0 Å². The first-order valence-corrected chi connectivity index (χ1v) is 48.7. The van der Waals surface area contributed by atoms with Crippen LogP contribution in [-0.4, -0.2) is 22.8 Å². The van der Waals surface area contributed by atoms with Gasteiger partial charge in [-0.05, 0) is 152 Å². The van der Waals surface area contributed by atoms with Gasteiger partial charge in [0.05, 0.1) is 16.6 Å². The van der Waals surface area contributed by atoms with Crippen molar-refractivity contribution in [3.63, 3.8) is 0 Å². The van der Waals surface area contributed by atoms with Crippen molar-refractivity contribution in [2.45, 2.75) is 19.3 Å². The number of nitrogens with zero attached hydrogens (tertiary/aromatic N) is 5. The summed E-state index contributed by atoms with van der Waals surface area (Å²) in [7, 11) is 10.8. The van der Waals surface area contributed by atoms with E-state index in [0.717, 1.165) is 0 Å². The molecule has 0 unspecified atom stereocenters. The zero-order chi connectivity index (χ0) is 94.1. The number of rotatable bonds is 4. The summed E-state index contributed by atoms with van der Waals surface area (Å²) in [6.07, 6.45) is 0. The van der Waals surface area contributed by atoms with Gasteiger partial charge in [0, 0.05) is 297 Å². The third-order valence-electron chi connectivity index (χ3n) is 30.9. The van der Waals surface area contributed by atoms with Crippen molar-refractivity contribution in [2.24, 2.45) is 35.2 Å². The van der Waals surface area contributed by atoms with E-state index in [0.29, 0.717) is 0 Å². The fourth-order valence-corrected chi connectivity index (χ4v) is 24.2. The summed E-state index contributed by atoms with van der Waals surface area (Å²) in [6, 6.07) is 172. The Hall–Kier alpha value is -12.1. The van der Waals surface area contributed by atoms with E-state index in [9.17, 15) is 0 Å². The molecule has 1 aliphatic carbocycles. The molecule has 25 aromatic carbocycles. The average molecular weight is 2240 g/mol. The van der Waals surface area contributed by atoms with Gasteiger partial charge in [-0.3, -0.25) is 0 Å². The number of para-hydroxylation sites is 4. The molecular formula is C136H92N5Y5-5. The monoisotopic (exact) mass is 2240 g/mol. The summed E-state index contributed by atoms with van der Waals surface area (Å²) in [6.45, 7) is 4.65. The molecule has 146 heavy (non-hydrogen) atoms. The summed E-state index contributed by atoms with van der Waals surface area (Å²) in [5.74, 6) is 0. The molecular weight excluding hydrogens is 2150 g/mol. The standard InChI is InChI=1S/C33H20N.C32H24N.C31H20N.C23H16N.C17H12N.5Y/c1-34-30-8-3-2-7-27(30)29-18-14-24-19-23(13-16-26(24)33(29)34)25-15-11-22-10-9-20-5-4-6-21-12-17-28(25)32(22)31(20)21;1-32(2)28-10-6-4-8-24(28)25-16-13-21(19-29(25)32)20-12-15-23-22(18-20)14-17-27-26-9-5-7-11-30(26)33(3)31(23)27;1-32-30-13-7-6-12-27(30)28-17-15-21-18-22(14-16-24(21)31(28)32)29-19-20-8-2-3-9-23(20)25-10-4-5-11-26(25)29;1-24-22-14-8-7-12-18(22)21-15-20(16-9-3-2-4-10-16)17-11-5-6-13-19(17)23(21)24;1-18-16-9-5-4-8-14(16)15-11-10-12-6-2-3-7-13(12)17(15)18;;;;;/h2-4,6-19H,1H3;4-5,7-19H,1-3H3;2-4,6-19H,1H3;2-6,8-15H,1H3;3-11H,1H3;;;;;/q5*-1;;;;;. The van der Waals surface area contributed by atoms with Crippen LogP contribution in [0.5, 0.6) is 0 Å². The molecule has 5 radical (unpaired) electrons. The number of aromatic nitrogens is 5. The van der Waals surface area contributed by atoms with Crippen molar-refractivity contribution in [2.75, 3.05) is 0 Å². The van der Waals surface area contributed by atoms with E-state index in [1.165, 1.54) is 284 Å². The Labute approximate surface area is 973 Å². The molecule has 0 amide bonds. The van der Waals surface area contributed by atoms with E-state index in [-0.39, 0.29) is 169 Å². The van der Waals surface area contributed by atoms with Crippen molar-refractivity contribution >= 4 is 217 Å². The van der Waals surface area contributed by atoms with Crippen molar-refractivity contribution in [1.82, 2.24) is 22.8 Å². The third kappa shape index (κ3) is 16.1. The molecule has 0 fully saturated rings. The molecule has 0 aliphatic heterocycles. The largest absolute Gasteiger partial charge is 0.367 e. The van der Waals surface area contributed by atoms with E-state index >= 15 is 0 Å². The van der Waals surface area contributed by atoms with Gasteiger partial charge in [-0.15, -0.1) is 85.2 Å². The predicted octanol–water partition coefficient (Wildman–Crippen LogP) is 35.6. The van der Waals surface area contributed by atoms with Gasteiger partial charge in [-0.2, -0.15) is 91.0 Å². The maximum absolute atomic E-state index is 3.43. The van der Waals surface area contributed by atoms with Crippen LogP contribution in [0.15, 0.2) is 431 Å². The van der Waals surface area contributed by atoms with Gasteiger partial charge in [0.2, 0.25) is 0 Å². The molecule has 1 aliphatic rings. The number of fused-ring (bicyclic) bond motifs is 31. The molecule has 30 aromatic rings. The van der Waals surface area contributed by atoms with E-state index < -0.39 is 0 Å². The Morgan fingerprint density at radius 1 is 0.185 bits per heavy atom. The zero-order valence-corrected chi connectivity index (χ0v) is 96.3. The Kier molecular flexibility index (Phi) is 26.9. The van der Waals surface area contributed by atoms with Crippen LogP contribution in [0.25, 0.3) is 272 Å². The molecule has 0 spiro atoms. The topological polar surface area (TPSA) is 24.6 Å². The second-order valence-electron chi connectivity index (χ2n) is 38.7. The summed E-state index contributed by atoms with van der Waals surface area (Å²) < 4.78 is 11.6. The minimum atomic E-state index is -0.00933. The molecule has 5 heterocycles. The first-order valence-electron chi connectivity index (χ1n) is 48.7. The van der Waals surface area contributed by atoms with E-state index in [2.05, 4.69) is 497 Å². The maximum atomic E-state index is 3.43. The number of benzene rings is 25. The smallest absolute Gasteiger partial charge is 0.0568 e. The van der Waals surface area contributed by atoms with Gasteiger partial charge in [-0.25, -0.2) is 0 Å². The molecule has 10 heteroatoms. The molecule has 0 N–H and O–H groups in total. The quantitative estimate of drug-likeness (QED) is 0.124. The Morgan fingerprint density at radius 2 is 0.555 bits per heavy atom. The molecule has 0 saturated heterocycles. The maximum Gasteiger partial charge on any atom is 0.0568 e. The van der Waals surface area contributed by atoms with Crippen LogP contribution in [0.2, 0.25) is 0 Å². The average Bonchev–Trinajstić information content (AvgIpc) is 1.19. The van der Waals surface area contributed by atoms with Crippen LogP contribution in [0.4, 0.5) is 0 Å². The Morgan fingerprint density at radius 3 is 1.14 bits per heavy atom. The first-order chi connectivity index (χ1) is 69.3. The molecule has 0 atom stereocenters. The zero-order valence-electron chi connectivity index (χ0n) is 82.1. The number of hydrogen-bond donors (Lipinski definition) is 0. The van der Waals surface area contributed by atoms with Gasteiger partial charge in [-0.1, -0.05) is 321 Å². The van der Waals surface area contributed by atoms with Gasteiger partial charge in [0.25, 0.3) is 0 Å². The summed E-state index contributed by atoms with van der Waals surface area (Å²) >= 11 is 0. The van der Waals surface area contributed by atoms with Crippen molar-refractivity contribution in [1.29, 1.82) is 0 Å². The minimum absolute atomic E-state index is 0. The molecule has 0 saturated carbocycles. The summed E-state index contributed by atoms with van der Waals surface area (Å²) in [5.41, 5.74) is 28.5. The van der Waals surface area contributed by atoms with Crippen LogP contribution in [0.3, 0.4) is 0 Å². The van der Waals surface area contributed by atoms with Crippen LogP contribution >= 0.6 is 0 Å². The molecule has 5 nitrogen and oxygen atoms in total. The third-order valence-corrected chi connectivity index (χ3v) is 30.9. The Balaban J connectivity index is 0.000000104. The predicted molar refractivity (Wildman–Crippen MR) is 602 cm³/mol. The van der Waals surface area contributed by atoms with E-state index in [4.69, 9.17) is 0 Å². The molecule has 681 valence electrons. The molecule has 5 aromatic heterocycles. The van der Waals surface area contributed by atoms with E-state index in [1.54, 1.807) is 0 Å². The van der Waals surface area contributed by atoms with Crippen molar-refractivity contribution < 1.29 is 164 Å². The molecule has 0 bridgehead atoms. The van der Waals surface area contributed by atoms with Gasteiger partial charge in [0.15, 0.2) is 0 Å². The normalized spacial score (nSPS) is 12.0. The SMILES string of the molecule is Cn1c2cc[c-]cc2c2cc(-c3ccccc3)c3ccccc3c21.Cn1c2ccccc2c2ccc3c[c-]ccc3c21.Cn1c2ccccc2c2ccc3cc(-c4cc5ccccc5c5cc[c-]cc45)ccc3c21.Cn1c2ccccc2c2ccc3cc(-c4ccc5c(c4)C(C)(C)c4c[c-]ccc4-5)ccc3c21.Cn1c2ccccc2c2ccc3cc(-c4ccc5ccc6[c-]ccc7ccc4c5c67)ccc3c21.[Y].[Y].[Y].[Y].[Y]. The second kappa shape index (κ2) is 39.8. The van der Waals surface area contributed by atoms with Gasteiger partial charge < -0.3 is 22.8 Å². The second-order valence-corrected chi connectivity index (χ2v) is 38.7. The van der Waals surface area contributed by atoms with Crippen LogP contribution in [0.1, 0.15) is 25.0 Å². The van der Waals surface area contributed by atoms with Crippen LogP contribution in [0, 0.1) is 30.3 Å². The fraction of sp³-hybridized carbons (Fsp3) is 0.0588.